The Hall–Kier alpha value is -0.480. The largest absolute Gasteiger partial charge is 0.478 e. The van der Waals surface area contributed by atoms with Gasteiger partial charge in [-0.15, -0.1) is 0 Å². The molecular weight excluding hydrogens is 429 g/mol. The van der Waals surface area contributed by atoms with Crippen LogP contribution < -0.4 is 0 Å². The molecule has 168 valence electrons. The van der Waals surface area contributed by atoms with Gasteiger partial charge in [0.1, 0.15) is 0 Å². The molecule has 1 aromatic carbocycles. The van der Waals surface area contributed by atoms with E-state index in [1.54, 1.807) is 0 Å². The second kappa shape index (κ2) is 16.2. The standard InChI is InChI=1S/C16H36N.C7H3Cl3O2/c1-5-9-13-17(14-10-6-2,15-11-7-3)16-12-8-4;8-3-1-4(7(11)12)6(10)5(9)2-3/h5-16H2,1-4H3;1-2H,(H,11,12)/q+1;. The Morgan fingerprint density at radius 2 is 1.17 bits per heavy atom. The SMILES string of the molecule is CCCC[N+](CCCC)(CCCC)CCCC.O=C(O)c1cc(Cl)cc(Cl)c1Cl. The fraction of sp³-hybridized carbons (Fsp3) is 0.696. The molecule has 0 aliphatic heterocycles. The predicted molar refractivity (Wildman–Crippen MR) is 128 cm³/mol. The second-order valence-corrected chi connectivity index (χ2v) is 8.93. The Morgan fingerprint density at radius 3 is 1.48 bits per heavy atom. The highest BCUT2D eigenvalue weighted by molar-refractivity contribution is 6.44. The Kier molecular flexibility index (Phi) is 16.0. The average molecular weight is 468 g/mol. The summed E-state index contributed by atoms with van der Waals surface area (Å²) < 4.78 is 1.42. The van der Waals surface area contributed by atoms with Crippen LogP contribution >= 0.6 is 34.8 Å². The van der Waals surface area contributed by atoms with Crippen molar-refractivity contribution < 1.29 is 14.4 Å². The van der Waals surface area contributed by atoms with E-state index in [0.29, 0.717) is 0 Å². The molecule has 0 unspecified atom stereocenters. The molecule has 1 rings (SSSR count). The summed E-state index contributed by atoms with van der Waals surface area (Å²) in [4.78, 5) is 10.5. The quantitative estimate of drug-likeness (QED) is 0.234. The summed E-state index contributed by atoms with van der Waals surface area (Å²) in [6.07, 6.45) is 11.1. The number of unbranched alkanes of at least 4 members (excludes halogenated alkanes) is 4. The molecule has 1 aromatic rings. The van der Waals surface area contributed by atoms with Gasteiger partial charge < -0.3 is 9.59 Å². The van der Waals surface area contributed by atoms with Gasteiger partial charge in [0.25, 0.3) is 0 Å². The van der Waals surface area contributed by atoms with E-state index in [1.807, 2.05) is 0 Å². The van der Waals surface area contributed by atoms with Gasteiger partial charge in [0.05, 0.1) is 41.8 Å². The van der Waals surface area contributed by atoms with Crippen LogP contribution in [0.5, 0.6) is 0 Å². The molecule has 0 atom stereocenters. The summed E-state index contributed by atoms with van der Waals surface area (Å²) in [5.74, 6) is -1.15. The fourth-order valence-corrected chi connectivity index (χ4v) is 4.04. The Labute approximate surface area is 192 Å². The number of hydrogen-bond acceptors (Lipinski definition) is 1. The smallest absolute Gasteiger partial charge is 0.337 e. The number of halogens is 3. The van der Waals surface area contributed by atoms with Crippen LogP contribution in [0, 0.1) is 0 Å². The van der Waals surface area contributed by atoms with Crippen molar-refractivity contribution in [3.63, 3.8) is 0 Å². The molecule has 0 bridgehead atoms. The van der Waals surface area contributed by atoms with Crippen LogP contribution in [-0.2, 0) is 0 Å². The number of benzene rings is 1. The minimum atomic E-state index is -1.15. The molecule has 0 radical (unpaired) electrons. The van der Waals surface area contributed by atoms with Crippen LogP contribution in [0.3, 0.4) is 0 Å². The lowest BCUT2D eigenvalue weighted by Crippen LogP contribution is -2.50. The summed E-state index contributed by atoms with van der Waals surface area (Å²) in [5.41, 5.74) is -0.0887. The van der Waals surface area contributed by atoms with Gasteiger partial charge in [-0.2, -0.15) is 0 Å². The lowest BCUT2D eigenvalue weighted by molar-refractivity contribution is -0.929. The minimum Gasteiger partial charge on any atom is -0.478 e. The molecule has 0 fully saturated rings. The Morgan fingerprint density at radius 1 is 0.793 bits per heavy atom. The number of rotatable bonds is 13. The molecule has 6 heteroatoms. The number of carboxylic acids is 1. The van der Waals surface area contributed by atoms with E-state index in [9.17, 15) is 4.79 Å². The van der Waals surface area contributed by atoms with E-state index >= 15 is 0 Å². The topological polar surface area (TPSA) is 37.3 Å². The molecule has 0 aliphatic carbocycles. The highest BCUT2D eigenvalue weighted by atomic mass is 35.5. The van der Waals surface area contributed by atoms with Crippen molar-refractivity contribution in [3.8, 4) is 0 Å². The van der Waals surface area contributed by atoms with Gasteiger partial charge in [0.15, 0.2) is 0 Å². The maximum absolute atomic E-state index is 10.5. The van der Waals surface area contributed by atoms with Crippen molar-refractivity contribution in [3.05, 3.63) is 32.8 Å². The highest BCUT2D eigenvalue weighted by Crippen LogP contribution is 2.29. The van der Waals surface area contributed by atoms with E-state index in [-0.39, 0.29) is 20.6 Å². The number of hydrogen-bond donors (Lipinski definition) is 1. The average Bonchev–Trinajstić information content (AvgIpc) is 2.70. The molecule has 1 N–H and O–H groups in total. The maximum Gasteiger partial charge on any atom is 0.337 e. The monoisotopic (exact) mass is 466 g/mol. The van der Waals surface area contributed by atoms with E-state index in [1.165, 1.54) is 94.2 Å². The summed E-state index contributed by atoms with van der Waals surface area (Å²) in [5, 5.41) is 9.01. The molecule has 0 saturated heterocycles. The molecule has 0 amide bonds. The molecule has 0 saturated carbocycles. The minimum absolute atomic E-state index is 0.00793. The first-order valence-electron chi connectivity index (χ1n) is 11.0. The van der Waals surface area contributed by atoms with Crippen LogP contribution in [0.25, 0.3) is 0 Å². The zero-order valence-electron chi connectivity index (χ0n) is 18.6. The number of quaternary nitrogens is 1. The molecule has 0 spiro atoms. The van der Waals surface area contributed by atoms with Gasteiger partial charge >= 0.3 is 5.97 Å². The zero-order valence-corrected chi connectivity index (χ0v) is 20.8. The maximum atomic E-state index is 10.5. The van der Waals surface area contributed by atoms with Crippen molar-refractivity contribution in [2.24, 2.45) is 0 Å². The van der Waals surface area contributed by atoms with Crippen molar-refractivity contribution in [1.82, 2.24) is 0 Å². The van der Waals surface area contributed by atoms with E-state index in [0.717, 1.165) is 0 Å². The molecule has 0 aliphatic rings. The van der Waals surface area contributed by atoms with Gasteiger partial charge in [0, 0.05) is 5.02 Å². The van der Waals surface area contributed by atoms with E-state index in [2.05, 4.69) is 27.7 Å². The van der Waals surface area contributed by atoms with Crippen LogP contribution in [0.15, 0.2) is 12.1 Å². The van der Waals surface area contributed by atoms with Gasteiger partial charge in [-0.3, -0.25) is 0 Å². The van der Waals surface area contributed by atoms with Crippen LogP contribution in [-0.4, -0.2) is 41.7 Å². The predicted octanol–water partition coefficient (Wildman–Crippen LogP) is 8.35. The zero-order chi connectivity index (χ0) is 22.3. The summed E-state index contributed by atoms with van der Waals surface area (Å²) in [6, 6.07) is 2.63. The van der Waals surface area contributed by atoms with Gasteiger partial charge in [-0.05, 0) is 37.8 Å². The Balaban J connectivity index is 0.000000571. The summed E-state index contributed by atoms with van der Waals surface area (Å²) in [7, 11) is 0. The van der Waals surface area contributed by atoms with Crippen molar-refractivity contribution >= 4 is 40.8 Å². The second-order valence-electron chi connectivity index (χ2n) is 7.70. The van der Waals surface area contributed by atoms with Crippen molar-refractivity contribution in [2.75, 3.05) is 26.2 Å². The molecular formula is C23H39Cl3NO2+. The third-order valence-electron chi connectivity index (χ3n) is 5.17. The fourth-order valence-electron chi connectivity index (χ4n) is 3.36. The molecule has 29 heavy (non-hydrogen) atoms. The summed E-state index contributed by atoms with van der Waals surface area (Å²) in [6.45, 7) is 15.0. The van der Waals surface area contributed by atoms with Crippen LogP contribution in [0.1, 0.15) is 89.4 Å². The first kappa shape index (κ1) is 28.5. The Bertz CT molecular complexity index is 556. The van der Waals surface area contributed by atoms with E-state index < -0.39 is 5.97 Å². The van der Waals surface area contributed by atoms with Crippen molar-refractivity contribution in [2.45, 2.75) is 79.1 Å². The van der Waals surface area contributed by atoms with Gasteiger partial charge in [-0.1, -0.05) is 88.2 Å². The molecule has 0 aromatic heterocycles. The number of aromatic carboxylic acids is 1. The third-order valence-corrected chi connectivity index (χ3v) is 6.19. The molecule has 3 nitrogen and oxygen atoms in total. The normalized spacial score (nSPS) is 11.1. The van der Waals surface area contributed by atoms with Gasteiger partial charge in [0.2, 0.25) is 0 Å². The van der Waals surface area contributed by atoms with Gasteiger partial charge in [-0.25, -0.2) is 4.79 Å². The first-order chi connectivity index (χ1) is 13.8. The summed E-state index contributed by atoms with van der Waals surface area (Å²) >= 11 is 16.7. The van der Waals surface area contributed by atoms with Crippen molar-refractivity contribution in [1.29, 1.82) is 0 Å². The lowest BCUT2D eigenvalue weighted by Gasteiger charge is -2.39. The van der Waals surface area contributed by atoms with E-state index in [4.69, 9.17) is 39.9 Å². The van der Waals surface area contributed by atoms with Crippen LogP contribution in [0.4, 0.5) is 0 Å². The lowest BCUT2D eigenvalue weighted by atomic mass is 10.1. The highest BCUT2D eigenvalue weighted by Gasteiger charge is 2.24. The van der Waals surface area contributed by atoms with Crippen LogP contribution in [0.2, 0.25) is 15.1 Å². The number of nitrogens with zero attached hydrogens (tertiary/aromatic N) is 1. The molecule has 0 heterocycles. The number of carboxylic acid groups (broad SMARTS) is 1. The third kappa shape index (κ3) is 11.5. The number of carbonyl (C=O) groups is 1. The first-order valence-corrected chi connectivity index (χ1v) is 12.1.